The lowest BCUT2D eigenvalue weighted by Crippen LogP contribution is -1.97. The molecule has 0 spiro atoms. The molecule has 2 nitrogen and oxygen atoms in total. The van der Waals surface area contributed by atoms with E-state index in [4.69, 9.17) is 21.1 Å². The Kier molecular flexibility index (Phi) is 3.65. The van der Waals surface area contributed by atoms with Crippen molar-refractivity contribution < 1.29 is 9.47 Å². The van der Waals surface area contributed by atoms with E-state index in [9.17, 15) is 0 Å². The summed E-state index contributed by atoms with van der Waals surface area (Å²) < 4.78 is 11.1. The Morgan fingerprint density at radius 2 is 2.07 bits per heavy atom. The predicted molar refractivity (Wildman–Crippen MR) is 64.6 cm³/mol. The Morgan fingerprint density at radius 1 is 1.27 bits per heavy atom. The van der Waals surface area contributed by atoms with Crippen LogP contribution in [0.1, 0.15) is 12.0 Å². The van der Waals surface area contributed by atoms with Crippen LogP contribution in [0.5, 0.6) is 11.5 Å². The van der Waals surface area contributed by atoms with Crippen molar-refractivity contribution in [1.29, 1.82) is 0 Å². The van der Waals surface area contributed by atoms with Crippen molar-refractivity contribution >= 4 is 24.2 Å². The number of aryl methyl sites for hydroxylation is 1. The smallest absolute Gasteiger partial charge is 0.179 e. The van der Waals surface area contributed by atoms with Crippen molar-refractivity contribution in [3.05, 3.63) is 22.7 Å². The molecular formula is C11H13ClO2S. The first-order valence-electron chi connectivity index (χ1n) is 5.00. The number of benzene rings is 1. The molecule has 1 heterocycles. The highest BCUT2D eigenvalue weighted by Crippen LogP contribution is 2.38. The third-order valence-corrected chi connectivity index (χ3v) is 2.77. The maximum absolute atomic E-state index is 6.13. The van der Waals surface area contributed by atoms with Crippen molar-refractivity contribution in [3.63, 3.8) is 0 Å². The molecule has 0 atom stereocenters. The SMILES string of the molecule is SCCc1cc(Cl)c2c(c1)OCCCO2. The summed E-state index contributed by atoms with van der Waals surface area (Å²) in [6.45, 7) is 1.35. The van der Waals surface area contributed by atoms with Gasteiger partial charge in [-0.05, 0) is 29.9 Å². The fourth-order valence-electron chi connectivity index (χ4n) is 1.56. The zero-order valence-corrected chi connectivity index (χ0v) is 9.98. The van der Waals surface area contributed by atoms with E-state index in [0.29, 0.717) is 24.0 Å². The van der Waals surface area contributed by atoms with Gasteiger partial charge in [-0.25, -0.2) is 0 Å². The van der Waals surface area contributed by atoms with E-state index in [2.05, 4.69) is 12.6 Å². The average Bonchev–Trinajstić information content (AvgIpc) is 2.43. The van der Waals surface area contributed by atoms with E-state index in [-0.39, 0.29) is 0 Å². The number of hydrogen-bond donors (Lipinski definition) is 1. The summed E-state index contributed by atoms with van der Waals surface area (Å²) in [6, 6.07) is 3.91. The molecule has 0 radical (unpaired) electrons. The minimum atomic E-state index is 0.631. The van der Waals surface area contributed by atoms with Gasteiger partial charge in [0, 0.05) is 6.42 Å². The second kappa shape index (κ2) is 4.99. The first kappa shape index (κ1) is 11.0. The Morgan fingerprint density at radius 3 is 2.87 bits per heavy atom. The molecule has 82 valence electrons. The van der Waals surface area contributed by atoms with Crippen LogP contribution in [0, 0.1) is 0 Å². The molecule has 0 unspecified atom stereocenters. The highest BCUT2D eigenvalue weighted by Gasteiger charge is 2.15. The van der Waals surface area contributed by atoms with Crippen molar-refractivity contribution in [2.75, 3.05) is 19.0 Å². The maximum Gasteiger partial charge on any atom is 0.179 e. The number of hydrogen-bond acceptors (Lipinski definition) is 3. The molecule has 15 heavy (non-hydrogen) atoms. The second-order valence-corrected chi connectivity index (χ2v) is 4.28. The molecule has 1 aliphatic rings. The van der Waals surface area contributed by atoms with Gasteiger partial charge < -0.3 is 9.47 Å². The monoisotopic (exact) mass is 244 g/mol. The van der Waals surface area contributed by atoms with Crippen LogP contribution in [0.25, 0.3) is 0 Å². The van der Waals surface area contributed by atoms with Crippen LogP contribution in [0.3, 0.4) is 0 Å². The summed E-state index contributed by atoms with van der Waals surface area (Å²) in [5.74, 6) is 2.24. The molecule has 0 aliphatic carbocycles. The Balaban J connectivity index is 2.35. The predicted octanol–water partition coefficient (Wildman–Crippen LogP) is 2.97. The molecule has 0 aromatic heterocycles. The molecule has 0 N–H and O–H groups in total. The molecule has 0 saturated heterocycles. The molecule has 0 saturated carbocycles. The van der Waals surface area contributed by atoms with Gasteiger partial charge >= 0.3 is 0 Å². The van der Waals surface area contributed by atoms with Gasteiger partial charge in [-0.3, -0.25) is 0 Å². The molecule has 0 bridgehead atoms. The zero-order valence-electron chi connectivity index (χ0n) is 8.33. The maximum atomic E-state index is 6.13. The van der Waals surface area contributed by atoms with Crippen LogP contribution in [-0.2, 0) is 6.42 Å². The molecule has 1 aromatic rings. The number of rotatable bonds is 2. The quantitative estimate of drug-likeness (QED) is 0.807. The van der Waals surface area contributed by atoms with Crippen LogP contribution in [0.15, 0.2) is 12.1 Å². The van der Waals surface area contributed by atoms with Crippen LogP contribution in [0.4, 0.5) is 0 Å². The Labute approximate surface area is 99.9 Å². The Hall–Kier alpha value is -0.540. The van der Waals surface area contributed by atoms with Gasteiger partial charge in [0.1, 0.15) is 0 Å². The summed E-state index contributed by atoms with van der Waals surface area (Å²) >= 11 is 10.3. The lowest BCUT2D eigenvalue weighted by molar-refractivity contribution is 0.297. The van der Waals surface area contributed by atoms with E-state index in [0.717, 1.165) is 29.9 Å². The summed E-state index contributed by atoms with van der Waals surface area (Å²) in [6.07, 6.45) is 1.78. The number of ether oxygens (including phenoxy) is 2. The number of halogens is 1. The normalized spacial score (nSPS) is 14.8. The van der Waals surface area contributed by atoms with Crippen molar-refractivity contribution in [1.82, 2.24) is 0 Å². The van der Waals surface area contributed by atoms with Crippen molar-refractivity contribution in [2.45, 2.75) is 12.8 Å². The minimum absolute atomic E-state index is 0.631. The van der Waals surface area contributed by atoms with E-state index >= 15 is 0 Å². The van der Waals surface area contributed by atoms with Crippen molar-refractivity contribution in [2.24, 2.45) is 0 Å². The third kappa shape index (κ3) is 2.52. The van der Waals surface area contributed by atoms with E-state index in [1.165, 1.54) is 0 Å². The van der Waals surface area contributed by atoms with E-state index in [1.807, 2.05) is 12.1 Å². The lowest BCUT2D eigenvalue weighted by Gasteiger charge is -2.10. The largest absolute Gasteiger partial charge is 0.489 e. The van der Waals surface area contributed by atoms with Crippen LogP contribution < -0.4 is 9.47 Å². The summed E-state index contributed by atoms with van der Waals surface area (Å²) in [4.78, 5) is 0. The van der Waals surface area contributed by atoms with E-state index < -0.39 is 0 Å². The van der Waals surface area contributed by atoms with Gasteiger partial charge in [-0.15, -0.1) is 0 Å². The number of fused-ring (bicyclic) bond motifs is 1. The number of thiol groups is 1. The molecule has 2 rings (SSSR count). The summed E-state index contributed by atoms with van der Waals surface area (Å²) in [5, 5.41) is 0.631. The fraction of sp³-hybridized carbons (Fsp3) is 0.455. The van der Waals surface area contributed by atoms with Gasteiger partial charge in [0.25, 0.3) is 0 Å². The Bertz CT molecular complexity index is 355. The molecule has 0 amide bonds. The first-order valence-corrected chi connectivity index (χ1v) is 6.01. The topological polar surface area (TPSA) is 18.5 Å². The van der Waals surface area contributed by atoms with Gasteiger partial charge in [0.05, 0.1) is 18.2 Å². The lowest BCUT2D eigenvalue weighted by atomic mass is 10.1. The standard InChI is InChI=1S/C11H13ClO2S/c12-9-6-8(2-5-15)7-10-11(9)14-4-1-3-13-10/h6-7,15H,1-5H2. The summed E-state index contributed by atoms with van der Waals surface area (Å²) in [5.41, 5.74) is 1.14. The first-order chi connectivity index (χ1) is 7.31. The minimum Gasteiger partial charge on any atom is -0.489 e. The van der Waals surface area contributed by atoms with Crippen LogP contribution in [-0.4, -0.2) is 19.0 Å². The van der Waals surface area contributed by atoms with Gasteiger partial charge in [-0.2, -0.15) is 12.6 Å². The highest BCUT2D eigenvalue weighted by atomic mass is 35.5. The van der Waals surface area contributed by atoms with Gasteiger partial charge in [-0.1, -0.05) is 11.6 Å². The average molecular weight is 245 g/mol. The highest BCUT2D eigenvalue weighted by molar-refractivity contribution is 7.80. The molecule has 1 aliphatic heterocycles. The molecule has 1 aromatic carbocycles. The second-order valence-electron chi connectivity index (χ2n) is 3.43. The van der Waals surface area contributed by atoms with Crippen molar-refractivity contribution in [3.8, 4) is 11.5 Å². The van der Waals surface area contributed by atoms with Crippen LogP contribution >= 0.6 is 24.2 Å². The molecule has 4 heteroatoms. The molecule has 0 fully saturated rings. The zero-order chi connectivity index (χ0) is 10.7. The van der Waals surface area contributed by atoms with Gasteiger partial charge in [0.2, 0.25) is 0 Å². The third-order valence-electron chi connectivity index (χ3n) is 2.26. The van der Waals surface area contributed by atoms with E-state index in [1.54, 1.807) is 0 Å². The molecular weight excluding hydrogens is 232 g/mol. The van der Waals surface area contributed by atoms with Crippen LogP contribution in [0.2, 0.25) is 5.02 Å². The fourth-order valence-corrected chi connectivity index (χ4v) is 2.10. The van der Waals surface area contributed by atoms with Gasteiger partial charge in [0.15, 0.2) is 11.5 Å². The summed E-state index contributed by atoms with van der Waals surface area (Å²) in [7, 11) is 0.